The number of benzene rings is 3. The first-order chi connectivity index (χ1) is 13.3. The van der Waals surface area contributed by atoms with Crippen molar-refractivity contribution in [3.05, 3.63) is 90.0 Å². The van der Waals surface area contributed by atoms with E-state index in [0.29, 0.717) is 5.75 Å². The van der Waals surface area contributed by atoms with Gasteiger partial charge in [0.1, 0.15) is 5.75 Å². The van der Waals surface area contributed by atoms with Crippen LogP contribution in [-0.4, -0.2) is 15.9 Å². The third-order valence-corrected chi connectivity index (χ3v) is 5.06. The maximum atomic E-state index is 12.4. The molecule has 27 heavy (non-hydrogen) atoms. The topological polar surface area (TPSA) is 52.1 Å². The number of nitrogens with zero attached hydrogens (tertiary/aromatic N) is 2. The summed E-state index contributed by atoms with van der Waals surface area (Å²) in [6.07, 6.45) is 6.41. The fourth-order valence-corrected chi connectivity index (χ4v) is 3.82. The van der Waals surface area contributed by atoms with Gasteiger partial charge in [-0.2, -0.15) is 0 Å². The van der Waals surface area contributed by atoms with Gasteiger partial charge in [-0.05, 0) is 52.6 Å². The van der Waals surface area contributed by atoms with Gasteiger partial charge in [0, 0.05) is 17.8 Å². The molecule has 1 aliphatic rings. The predicted molar refractivity (Wildman–Crippen MR) is 104 cm³/mol. The molecular formula is C23H16N2O2. The van der Waals surface area contributed by atoms with E-state index in [-0.39, 0.29) is 5.69 Å². The molecule has 0 fully saturated rings. The van der Waals surface area contributed by atoms with Crippen molar-refractivity contribution in [2.75, 3.05) is 0 Å². The van der Waals surface area contributed by atoms with Crippen LogP contribution in [0.5, 0.6) is 5.75 Å². The number of carbonyl (C=O) groups excluding carboxylic acids is 1. The van der Waals surface area contributed by atoms with Gasteiger partial charge in [0.25, 0.3) is 0 Å². The summed E-state index contributed by atoms with van der Waals surface area (Å²) in [5, 5.41) is 2.07. The number of fused-ring (bicyclic) bond motifs is 5. The van der Waals surface area contributed by atoms with E-state index in [1.54, 1.807) is 0 Å². The second kappa shape index (κ2) is 6.32. The molecule has 0 aliphatic heterocycles. The van der Waals surface area contributed by atoms with Crippen LogP contribution in [0.1, 0.15) is 21.6 Å². The molecule has 0 saturated carbocycles. The summed E-state index contributed by atoms with van der Waals surface area (Å²) in [5.74, 6) is 0.0449. The Hall–Kier alpha value is -3.53. The van der Waals surface area contributed by atoms with Gasteiger partial charge in [-0.3, -0.25) is 4.98 Å². The molecule has 0 N–H and O–H groups in total. The van der Waals surface area contributed by atoms with Crippen LogP contribution in [0.3, 0.4) is 0 Å². The number of aromatic nitrogens is 2. The molecule has 0 atom stereocenters. The summed E-state index contributed by atoms with van der Waals surface area (Å²) in [6, 6.07) is 18.6. The average molecular weight is 352 g/mol. The number of hydrogen-bond donors (Lipinski definition) is 0. The molecule has 4 aromatic rings. The lowest BCUT2D eigenvalue weighted by Gasteiger charge is -2.22. The third kappa shape index (κ3) is 2.66. The zero-order valence-corrected chi connectivity index (χ0v) is 14.6. The quantitative estimate of drug-likeness (QED) is 0.390. The predicted octanol–water partition coefficient (Wildman–Crippen LogP) is 4.61. The van der Waals surface area contributed by atoms with Gasteiger partial charge in [-0.1, -0.05) is 42.5 Å². The number of aryl methyl sites for hydroxylation is 2. The SMILES string of the molecule is O=C(Oc1cccc2c3c(ccc12)-c1ccccc1CC3)c1cnccn1. The highest BCUT2D eigenvalue weighted by atomic mass is 16.5. The zero-order valence-electron chi connectivity index (χ0n) is 14.6. The highest BCUT2D eigenvalue weighted by molar-refractivity contribution is 5.99. The summed E-state index contributed by atoms with van der Waals surface area (Å²) in [5.41, 5.74) is 5.45. The van der Waals surface area contributed by atoms with Crippen molar-refractivity contribution in [2.24, 2.45) is 0 Å². The van der Waals surface area contributed by atoms with Gasteiger partial charge >= 0.3 is 5.97 Å². The summed E-state index contributed by atoms with van der Waals surface area (Å²) < 4.78 is 5.63. The molecule has 0 saturated heterocycles. The Bertz CT molecular complexity index is 1170. The van der Waals surface area contributed by atoms with Crippen LogP contribution in [0, 0.1) is 0 Å². The fourth-order valence-electron chi connectivity index (χ4n) is 3.82. The Balaban J connectivity index is 1.60. The van der Waals surface area contributed by atoms with Gasteiger partial charge in [0.2, 0.25) is 0 Å². The number of carbonyl (C=O) groups is 1. The lowest BCUT2D eigenvalue weighted by molar-refractivity contribution is 0.0730. The number of ether oxygens (including phenoxy) is 1. The molecule has 1 aromatic heterocycles. The summed E-state index contributed by atoms with van der Waals surface area (Å²) in [4.78, 5) is 20.3. The van der Waals surface area contributed by atoms with E-state index >= 15 is 0 Å². The van der Waals surface area contributed by atoms with E-state index in [1.807, 2.05) is 18.2 Å². The van der Waals surface area contributed by atoms with Crippen molar-refractivity contribution in [2.45, 2.75) is 12.8 Å². The standard InChI is InChI=1S/C23H16N2O2/c26-23(21-14-24-12-13-25-21)27-22-7-3-6-17-19-9-8-15-4-1-2-5-16(15)18(19)10-11-20(17)22/h1-7,10-14H,8-9H2. The molecular weight excluding hydrogens is 336 g/mol. The van der Waals surface area contributed by atoms with E-state index in [1.165, 1.54) is 40.8 Å². The Morgan fingerprint density at radius 3 is 2.67 bits per heavy atom. The van der Waals surface area contributed by atoms with E-state index in [4.69, 9.17) is 4.74 Å². The average Bonchev–Trinajstić information content (AvgIpc) is 2.74. The second-order valence-electron chi connectivity index (χ2n) is 6.58. The third-order valence-electron chi connectivity index (χ3n) is 5.06. The number of rotatable bonds is 2. The minimum atomic E-state index is -0.501. The molecule has 0 bridgehead atoms. The van der Waals surface area contributed by atoms with Crippen molar-refractivity contribution >= 4 is 16.7 Å². The molecule has 0 radical (unpaired) electrons. The smallest absolute Gasteiger partial charge is 0.363 e. The Morgan fingerprint density at radius 2 is 1.78 bits per heavy atom. The summed E-state index contributed by atoms with van der Waals surface area (Å²) >= 11 is 0. The van der Waals surface area contributed by atoms with Gasteiger partial charge in [-0.25, -0.2) is 9.78 Å². The second-order valence-corrected chi connectivity index (χ2v) is 6.58. The van der Waals surface area contributed by atoms with Gasteiger partial charge in [0.05, 0.1) is 6.20 Å². The van der Waals surface area contributed by atoms with Crippen molar-refractivity contribution in [1.82, 2.24) is 9.97 Å². The molecule has 0 unspecified atom stereocenters. The van der Waals surface area contributed by atoms with Crippen LogP contribution in [0.4, 0.5) is 0 Å². The van der Waals surface area contributed by atoms with Crippen molar-refractivity contribution in [1.29, 1.82) is 0 Å². The molecule has 5 rings (SSSR count). The molecule has 0 amide bonds. The molecule has 130 valence electrons. The van der Waals surface area contributed by atoms with E-state index in [2.05, 4.69) is 46.4 Å². The molecule has 4 nitrogen and oxygen atoms in total. The van der Waals surface area contributed by atoms with Gasteiger partial charge in [-0.15, -0.1) is 0 Å². The van der Waals surface area contributed by atoms with Crippen LogP contribution in [0.15, 0.2) is 73.2 Å². The van der Waals surface area contributed by atoms with E-state index in [0.717, 1.165) is 23.6 Å². The van der Waals surface area contributed by atoms with Crippen LogP contribution >= 0.6 is 0 Å². The summed E-state index contributed by atoms with van der Waals surface area (Å²) in [6.45, 7) is 0. The number of esters is 1. The number of hydrogen-bond acceptors (Lipinski definition) is 4. The maximum absolute atomic E-state index is 12.4. The molecule has 4 heteroatoms. The maximum Gasteiger partial charge on any atom is 0.363 e. The van der Waals surface area contributed by atoms with Gasteiger partial charge < -0.3 is 4.74 Å². The normalized spacial score (nSPS) is 12.3. The molecule has 3 aromatic carbocycles. The van der Waals surface area contributed by atoms with Crippen LogP contribution < -0.4 is 4.74 Å². The largest absolute Gasteiger partial charge is 0.421 e. The molecule has 1 aliphatic carbocycles. The van der Waals surface area contributed by atoms with E-state index < -0.39 is 5.97 Å². The highest BCUT2D eigenvalue weighted by Gasteiger charge is 2.19. The lowest BCUT2D eigenvalue weighted by atomic mass is 9.83. The first kappa shape index (κ1) is 15.7. The van der Waals surface area contributed by atoms with E-state index in [9.17, 15) is 4.79 Å². The molecule has 1 heterocycles. The van der Waals surface area contributed by atoms with Crippen LogP contribution in [-0.2, 0) is 12.8 Å². The van der Waals surface area contributed by atoms with Crippen molar-refractivity contribution < 1.29 is 9.53 Å². The van der Waals surface area contributed by atoms with Crippen molar-refractivity contribution in [3.8, 4) is 16.9 Å². The fraction of sp³-hybridized carbons (Fsp3) is 0.0870. The van der Waals surface area contributed by atoms with Gasteiger partial charge in [0.15, 0.2) is 5.69 Å². The monoisotopic (exact) mass is 352 g/mol. The Morgan fingerprint density at radius 1 is 0.852 bits per heavy atom. The lowest BCUT2D eigenvalue weighted by Crippen LogP contribution is -2.11. The van der Waals surface area contributed by atoms with Crippen molar-refractivity contribution in [3.63, 3.8) is 0 Å². The zero-order chi connectivity index (χ0) is 18.2. The minimum absolute atomic E-state index is 0.196. The molecule has 0 spiro atoms. The van der Waals surface area contributed by atoms with Crippen LogP contribution in [0.2, 0.25) is 0 Å². The Labute approximate surface area is 156 Å². The first-order valence-electron chi connectivity index (χ1n) is 8.92. The van der Waals surface area contributed by atoms with Crippen LogP contribution in [0.25, 0.3) is 21.9 Å². The highest BCUT2D eigenvalue weighted by Crippen LogP contribution is 2.39. The minimum Gasteiger partial charge on any atom is -0.421 e. The Kier molecular flexibility index (Phi) is 3.68. The summed E-state index contributed by atoms with van der Waals surface area (Å²) in [7, 11) is 0. The first-order valence-corrected chi connectivity index (χ1v) is 8.92.